The summed E-state index contributed by atoms with van der Waals surface area (Å²) in [5.74, 6) is 2.19. The maximum Gasteiger partial charge on any atom is 0.134 e. The largest absolute Gasteiger partial charge is 0.373 e. The van der Waals surface area contributed by atoms with E-state index in [0.717, 1.165) is 23.1 Å². The molecule has 1 N–H and O–H groups in total. The van der Waals surface area contributed by atoms with Gasteiger partial charge in [0.25, 0.3) is 0 Å². The lowest BCUT2D eigenvalue weighted by molar-refractivity contribution is 0.754. The molecule has 3 nitrogen and oxygen atoms in total. The smallest absolute Gasteiger partial charge is 0.134 e. The van der Waals surface area contributed by atoms with Gasteiger partial charge in [0.05, 0.1) is 0 Å². The van der Waals surface area contributed by atoms with E-state index in [1.54, 1.807) is 0 Å². The Morgan fingerprint density at radius 3 is 2.50 bits per heavy atom. The number of aromatic nitrogens is 2. The van der Waals surface area contributed by atoms with E-state index in [4.69, 9.17) is 0 Å². The van der Waals surface area contributed by atoms with Crippen LogP contribution >= 0.6 is 11.8 Å². The van der Waals surface area contributed by atoms with E-state index in [1.165, 1.54) is 0 Å². The van der Waals surface area contributed by atoms with Crippen LogP contribution in [0.4, 0.5) is 5.82 Å². The molecular weight excluding hydrogens is 218 g/mol. The number of nitrogens with zero attached hydrogens (tertiary/aromatic N) is 2. The Morgan fingerprint density at radius 1 is 1.31 bits per heavy atom. The van der Waals surface area contributed by atoms with Gasteiger partial charge in [0.15, 0.2) is 0 Å². The molecule has 1 unspecified atom stereocenters. The van der Waals surface area contributed by atoms with Crippen molar-refractivity contribution in [2.24, 2.45) is 0 Å². The van der Waals surface area contributed by atoms with E-state index in [1.807, 2.05) is 24.9 Å². The van der Waals surface area contributed by atoms with Crippen molar-refractivity contribution in [3.63, 3.8) is 0 Å². The van der Waals surface area contributed by atoms with Crippen LogP contribution in [0.2, 0.25) is 0 Å². The van der Waals surface area contributed by atoms with Crippen LogP contribution in [-0.4, -0.2) is 22.3 Å². The van der Waals surface area contributed by atoms with Gasteiger partial charge in [0.2, 0.25) is 0 Å². The van der Waals surface area contributed by atoms with Crippen molar-refractivity contribution in [3.05, 3.63) is 11.9 Å². The van der Waals surface area contributed by atoms with Crippen LogP contribution in [0.15, 0.2) is 11.1 Å². The van der Waals surface area contributed by atoms with E-state index in [2.05, 4.69) is 43.0 Å². The summed E-state index contributed by atoms with van der Waals surface area (Å²) in [6.45, 7) is 8.65. The molecule has 0 bridgehead atoms. The summed E-state index contributed by atoms with van der Waals surface area (Å²) in [7, 11) is 1.89. The van der Waals surface area contributed by atoms with Crippen LogP contribution in [0, 0.1) is 0 Å². The standard InChI is InChI=1S/C12H21N3S/c1-6-9(4)16-11-7-10(13-5)14-12(15-11)8(2)3/h7-9H,6H2,1-5H3,(H,13,14,15). The van der Waals surface area contributed by atoms with Gasteiger partial charge >= 0.3 is 0 Å². The first-order valence-corrected chi connectivity index (χ1v) is 6.68. The van der Waals surface area contributed by atoms with Crippen molar-refractivity contribution < 1.29 is 0 Å². The molecule has 0 aliphatic heterocycles. The first kappa shape index (κ1) is 13.3. The third kappa shape index (κ3) is 3.67. The van der Waals surface area contributed by atoms with Gasteiger partial charge in [0.1, 0.15) is 16.7 Å². The molecule has 90 valence electrons. The quantitative estimate of drug-likeness (QED) is 0.630. The van der Waals surface area contributed by atoms with Crippen LogP contribution in [0.1, 0.15) is 45.9 Å². The van der Waals surface area contributed by atoms with Gasteiger partial charge in [-0.2, -0.15) is 0 Å². The SMILES string of the molecule is CCC(C)Sc1cc(NC)nc(C(C)C)n1. The van der Waals surface area contributed by atoms with Gasteiger partial charge in [-0.25, -0.2) is 9.97 Å². The minimum Gasteiger partial charge on any atom is -0.373 e. The van der Waals surface area contributed by atoms with Crippen molar-refractivity contribution >= 4 is 17.6 Å². The second-order valence-corrected chi connectivity index (χ2v) is 5.65. The molecule has 1 rings (SSSR count). The molecule has 0 aromatic carbocycles. The Kier molecular flexibility index (Phi) is 5.06. The maximum atomic E-state index is 4.58. The van der Waals surface area contributed by atoms with Crippen molar-refractivity contribution in [1.29, 1.82) is 0 Å². The molecule has 0 aliphatic rings. The molecule has 0 radical (unpaired) electrons. The molecule has 1 heterocycles. The average molecular weight is 239 g/mol. The molecule has 0 fully saturated rings. The average Bonchev–Trinajstić information content (AvgIpc) is 2.28. The highest BCUT2D eigenvalue weighted by Crippen LogP contribution is 2.26. The third-order valence-electron chi connectivity index (χ3n) is 2.39. The molecule has 16 heavy (non-hydrogen) atoms. The van der Waals surface area contributed by atoms with Gasteiger partial charge in [-0.3, -0.25) is 0 Å². The van der Waals surface area contributed by atoms with Crippen molar-refractivity contribution in [2.75, 3.05) is 12.4 Å². The first-order valence-electron chi connectivity index (χ1n) is 5.80. The summed E-state index contributed by atoms with van der Waals surface area (Å²) >= 11 is 1.81. The predicted octanol–water partition coefficient (Wildman–Crippen LogP) is 3.53. The van der Waals surface area contributed by atoms with Gasteiger partial charge in [0, 0.05) is 24.3 Å². The summed E-state index contributed by atoms with van der Waals surface area (Å²) in [6, 6.07) is 2.02. The predicted molar refractivity (Wildman–Crippen MR) is 71.3 cm³/mol. The highest BCUT2D eigenvalue weighted by molar-refractivity contribution is 7.99. The van der Waals surface area contributed by atoms with E-state index in [0.29, 0.717) is 11.2 Å². The van der Waals surface area contributed by atoms with Crippen molar-refractivity contribution in [3.8, 4) is 0 Å². The Hall–Kier alpha value is -0.770. The van der Waals surface area contributed by atoms with E-state index >= 15 is 0 Å². The molecule has 1 aromatic rings. The summed E-state index contributed by atoms with van der Waals surface area (Å²) in [6.07, 6.45) is 1.15. The Balaban J connectivity index is 2.95. The van der Waals surface area contributed by atoms with Gasteiger partial charge in [-0.05, 0) is 6.42 Å². The van der Waals surface area contributed by atoms with Crippen molar-refractivity contribution in [2.45, 2.75) is 50.3 Å². The number of hydrogen-bond acceptors (Lipinski definition) is 4. The second kappa shape index (κ2) is 6.09. The van der Waals surface area contributed by atoms with Crippen LogP contribution in [0.25, 0.3) is 0 Å². The van der Waals surface area contributed by atoms with Gasteiger partial charge in [-0.1, -0.05) is 27.7 Å². The van der Waals surface area contributed by atoms with Crippen molar-refractivity contribution in [1.82, 2.24) is 9.97 Å². The topological polar surface area (TPSA) is 37.8 Å². The summed E-state index contributed by atoms with van der Waals surface area (Å²) in [5.41, 5.74) is 0. The fraction of sp³-hybridized carbons (Fsp3) is 0.667. The van der Waals surface area contributed by atoms with E-state index in [9.17, 15) is 0 Å². The zero-order valence-electron chi connectivity index (χ0n) is 10.7. The number of rotatable bonds is 5. The normalized spacial score (nSPS) is 12.9. The monoisotopic (exact) mass is 239 g/mol. The molecule has 0 amide bonds. The summed E-state index contributed by atoms with van der Waals surface area (Å²) in [4.78, 5) is 9.03. The first-order chi connectivity index (χ1) is 7.56. The fourth-order valence-electron chi connectivity index (χ4n) is 1.18. The molecule has 1 aromatic heterocycles. The minimum atomic E-state index is 0.365. The van der Waals surface area contributed by atoms with E-state index < -0.39 is 0 Å². The molecule has 1 atom stereocenters. The Bertz CT molecular complexity index is 339. The van der Waals surface area contributed by atoms with Gasteiger partial charge in [-0.15, -0.1) is 11.8 Å². The van der Waals surface area contributed by atoms with Crippen LogP contribution in [-0.2, 0) is 0 Å². The number of anilines is 1. The number of nitrogens with one attached hydrogen (secondary N) is 1. The third-order valence-corrected chi connectivity index (χ3v) is 3.58. The van der Waals surface area contributed by atoms with Crippen LogP contribution < -0.4 is 5.32 Å². The van der Waals surface area contributed by atoms with E-state index in [-0.39, 0.29) is 0 Å². The zero-order valence-corrected chi connectivity index (χ0v) is 11.6. The lowest BCUT2D eigenvalue weighted by atomic mass is 10.2. The van der Waals surface area contributed by atoms with Crippen LogP contribution in [0.5, 0.6) is 0 Å². The molecule has 0 spiro atoms. The van der Waals surface area contributed by atoms with Crippen LogP contribution in [0.3, 0.4) is 0 Å². The minimum absolute atomic E-state index is 0.365. The molecule has 0 saturated heterocycles. The molecule has 4 heteroatoms. The zero-order chi connectivity index (χ0) is 12.1. The highest BCUT2D eigenvalue weighted by Gasteiger charge is 2.09. The number of hydrogen-bond donors (Lipinski definition) is 1. The lowest BCUT2D eigenvalue weighted by Gasteiger charge is -2.12. The Labute approximate surface area is 102 Å². The fourth-order valence-corrected chi connectivity index (χ4v) is 2.08. The highest BCUT2D eigenvalue weighted by atomic mass is 32.2. The number of thioether (sulfide) groups is 1. The maximum absolute atomic E-state index is 4.58. The Morgan fingerprint density at radius 2 is 2.00 bits per heavy atom. The second-order valence-electron chi connectivity index (χ2n) is 4.19. The molecule has 0 saturated carbocycles. The molecule has 0 aliphatic carbocycles. The summed E-state index contributed by atoms with van der Waals surface area (Å²) in [5, 5.41) is 4.75. The summed E-state index contributed by atoms with van der Waals surface area (Å²) < 4.78 is 0. The van der Waals surface area contributed by atoms with Gasteiger partial charge < -0.3 is 5.32 Å². The molecular formula is C12H21N3S. The lowest BCUT2D eigenvalue weighted by Crippen LogP contribution is -2.04.